The summed E-state index contributed by atoms with van der Waals surface area (Å²) in [5.41, 5.74) is -1.25. The molecular weight excluding hydrogens is 381 g/mol. The lowest BCUT2D eigenvalue weighted by molar-refractivity contribution is -0.313. The molecule has 1 heterocycles. The van der Waals surface area contributed by atoms with Crippen LogP contribution < -0.4 is 0 Å². The zero-order valence-electron chi connectivity index (χ0n) is 15.9. The molecule has 0 unspecified atom stereocenters. The molecule has 4 nitrogen and oxygen atoms in total. The fourth-order valence-electron chi connectivity index (χ4n) is 4.17. The van der Waals surface area contributed by atoms with Gasteiger partial charge in [-0.1, -0.05) is 49.4 Å². The third-order valence-corrected chi connectivity index (χ3v) is 5.82. The second-order valence-electron chi connectivity index (χ2n) is 7.81. The monoisotopic (exact) mass is 402 g/mol. The number of rotatable bonds is 2. The number of carbonyl (C=O) groups excluding carboxylic acids is 1. The van der Waals surface area contributed by atoms with E-state index in [0.29, 0.717) is 12.8 Å². The molecule has 0 radical (unpaired) electrons. The molecule has 7 heteroatoms. The average molecular weight is 402 g/mol. The molecule has 0 spiro atoms. The summed E-state index contributed by atoms with van der Waals surface area (Å²) in [6.07, 6.45) is -3.83. The first-order chi connectivity index (χ1) is 13.7. The normalized spacial score (nSPS) is 26.8. The van der Waals surface area contributed by atoms with Crippen LogP contribution in [0.1, 0.15) is 36.5 Å². The Morgan fingerprint density at radius 1 is 1.10 bits per heavy atom. The van der Waals surface area contributed by atoms with Gasteiger partial charge in [0.25, 0.3) is 11.6 Å². The zero-order chi connectivity index (χ0) is 20.8. The summed E-state index contributed by atoms with van der Waals surface area (Å²) < 4.78 is 41.8. The second kappa shape index (κ2) is 6.99. The molecule has 0 bridgehead atoms. The van der Waals surface area contributed by atoms with Crippen molar-refractivity contribution in [3.63, 3.8) is 0 Å². The smallest absolute Gasteiger partial charge is 0.362 e. The van der Waals surface area contributed by atoms with Crippen LogP contribution in [0.2, 0.25) is 0 Å². The molecule has 1 N–H and O–H groups in total. The van der Waals surface area contributed by atoms with Crippen molar-refractivity contribution >= 4 is 11.6 Å². The van der Waals surface area contributed by atoms with Gasteiger partial charge in [-0.05, 0) is 48.4 Å². The highest BCUT2D eigenvalue weighted by Crippen LogP contribution is 2.49. The van der Waals surface area contributed by atoms with Crippen molar-refractivity contribution < 1.29 is 23.1 Å². The highest BCUT2D eigenvalue weighted by atomic mass is 19.4. The predicted molar refractivity (Wildman–Crippen MR) is 103 cm³/mol. The van der Waals surface area contributed by atoms with Gasteiger partial charge in [0.1, 0.15) is 0 Å². The molecule has 29 heavy (non-hydrogen) atoms. The van der Waals surface area contributed by atoms with Crippen LogP contribution in [-0.2, 0) is 0 Å². The number of hydrazone groups is 1. The van der Waals surface area contributed by atoms with Crippen molar-refractivity contribution in [2.24, 2.45) is 16.9 Å². The summed E-state index contributed by atoms with van der Waals surface area (Å²) in [6, 6.07) is 15.7. The van der Waals surface area contributed by atoms with Gasteiger partial charge in [-0.3, -0.25) is 4.79 Å². The molecule has 1 saturated carbocycles. The van der Waals surface area contributed by atoms with Crippen LogP contribution in [0.4, 0.5) is 13.2 Å². The molecule has 2 aromatic rings. The van der Waals surface area contributed by atoms with Crippen molar-refractivity contribution in [1.29, 1.82) is 0 Å². The Hall–Kier alpha value is -2.67. The lowest BCUT2D eigenvalue weighted by Crippen LogP contribution is -2.61. The van der Waals surface area contributed by atoms with E-state index >= 15 is 0 Å². The van der Waals surface area contributed by atoms with Crippen LogP contribution in [-0.4, -0.2) is 33.6 Å². The quantitative estimate of drug-likeness (QED) is 0.781. The number of halogens is 3. The van der Waals surface area contributed by atoms with E-state index in [1.807, 2.05) is 37.3 Å². The fraction of sp³-hybridized carbons (Fsp3) is 0.364. The molecule has 152 valence electrons. The number of nitrogens with zero attached hydrogens (tertiary/aromatic N) is 2. The van der Waals surface area contributed by atoms with Crippen LogP contribution in [0.25, 0.3) is 11.1 Å². The SMILES string of the molecule is C[C@@H]1CCC2=NN(C(=O)c3ccc(-c4ccccc4)cc3)[C@@](O)(C(F)(F)F)[C@@H]2C1. The van der Waals surface area contributed by atoms with Crippen LogP contribution in [0, 0.1) is 11.8 Å². The van der Waals surface area contributed by atoms with Gasteiger partial charge >= 0.3 is 6.18 Å². The van der Waals surface area contributed by atoms with Gasteiger partial charge in [0.05, 0.1) is 5.92 Å². The van der Waals surface area contributed by atoms with Crippen LogP contribution in [0.3, 0.4) is 0 Å². The summed E-state index contributed by atoms with van der Waals surface area (Å²) in [5.74, 6) is -2.16. The number of alkyl halides is 3. The molecule has 1 aliphatic heterocycles. The summed E-state index contributed by atoms with van der Waals surface area (Å²) in [5, 5.41) is 14.9. The largest absolute Gasteiger partial charge is 0.439 e. The van der Waals surface area contributed by atoms with Gasteiger partial charge in [-0.25, -0.2) is 0 Å². The van der Waals surface area contributed by atoms with Crippen molar-refractivity contribution in [3.8, 4) is 11.1 Å². The van der Waals surface area contributed by atoms with Crippen molar-refractivity contribution in [2.45, 2.75) is 38.1 Å². The predicted octanol–water partition coefficient (Wildman–Crippen LogP) is 4.85. The van der Waals surface area contributed by atoms with E-state index in [0.717, 1.165) is 11.1 Å². The third kappa shape index (κ3) is 3.23. The van der Waals surface area contributed by atoms with Crippen molar-refractivity contribution in [2.75, 3.05) is 0 Å². The minimum atomic E-state index is -5.01. The lowest BCUT2D eigenvalue weighted by atomic mass is 9.76. The molecule has 2 aliphatic rings. The Kier molecular flexibility index (Phi) is 4.73. The first-order valence-electron chi connectivity index (χ1n) is 9.58. The minimum Gasteiger partial charge on any atom is -0.362 e. The van der Waals surface area contributed by atoms with Crippen LogP contribution in [0.5, 0.6) is 0 Å². The Morgan fingerprint density at radius 3 is 2.34 bits per heavy atom. The van der Waals surface area contributed by atoms with Crippen LogP contribution in [0.15, 0.2) is 59.7 Å². The summed E-state index contributed by atoms with van der Waals surface area (Å²) in [7, 11) is 0. The van der Waals surface area contributed by atoms with E-state index in [-0.39, 0.29) is 28.6 Å². The Bertz CT molecular complexity index is 941. The minimum absolute atomic E-state index is 0.0213. The van der Waals surface area contributed by atoms with Crippen molar-refractivity contribution in [3.05, 3.63) is 60.2 Å². The molecule has 1 aliphatic carbocycles. The first-order valence-corrected chi connectivity index (χ1v) is 9.58. The Morgan fingerprint density at radius 2 is 1.72 bits per heavy atom. The maximum Gasteiger partial charge on any atom is 0.439 e. The topological polar surface area (TPSA) is 52.9 Å². The summed E-state index contributed by atoms with van der Waals surface area (Å²) >= 11 is 0. The molecule has 0 aromatic heterocycles. The van der Waals surface area contributed by atoms with E-state index in [1.54, 1.807) is 12.1 Å². The molecule has 0 saturated heterocycles. The van der Waals surface area contributed by atoms with E-state index in [2.05, 4.69) is 5.10 Å². The van der Waals surface area contributed by atoms with E-state index in [4.69, 9.17) is 0 Å². The van der Waals surface area contributed by atoms with Gasteiger partial charge in [0.2, 0.25) is 0 Å². The second-order valence-corrected chi connectivity index (χ2v) is 7.81. The Labute approximate surface area is 166 Å². The summed E-state index contributed by atoms with van der Waals surface area (Å²) in [6.45, 7) is 1.85. The van der Waals surface area contributed by atoms with E-state index in [9.17, 15) is 23.1 Å². The van der Waals surface area contributed by atoms with E-state index in [1.165, 1.54) is 12.1 Å². The lowest BCUT2D eigenvalue weighted by Gasteiger charge is -2.39. The number of benzene rings is 2. The number of fused-ring (bicyclic) bond motifs is 1. The van der Waals surface area contributed by atoms with Gasteiger partial charge in [-0.15, -0.1) is 0 Å². The third-order valence-electron chi connectivity index (χ3n) is 5.82. The maximum absolute atomic E-state index is 13.9. The zero-order valence-corrected chi connectivity index (χ0v) is 15.9. The van der Waals surface area contributed by atoms with Gasteiger partial charge < -0.3 is 5.11 Å². The molecule has 3 atom stereocenters. The standard InChI is InChI=1S/C22H21F3N2O2/c1-14-7-12-19-18(13-14)21(29,22(23,24)25)27(26-19)20(28)17-10-8-16(9-11-17)15-5-3-2-4-6-15/h2-6,8-11,14,18,29H,7,12-13H2,1H3/t14-,18-,21+/m1/s1. The number of hydrogen-bond acceptors (Lipinski definition) is 3. The number of carbonyl (C=O) groups is 1. The van der Waals surface area contributed by atoms with Crippen LogP contribution >= 0.6 is 0 Å². The maximum atomic E-state index is 13.9. The molecule has 4 rings (SSSR count). The highest BCUT2D eigenvalue weighted by molar-refractivity contribution is 5.99. The fourth-order valence-corrected chi connectivity index (χ4v) is 4.17. The number of amides is 1. The molecule has 1 amide bonds. The molecule has 1 fully saturated rings. The first kappa shape index (κ1) is 19.6. The highest BCUT2D eigenvalue weighted by Gasteiger charge is 2.68. The van der Waals surface area contributed by atoms with Gasteiger partial charge in [0, 0.05) is 11.3 Å². The van der Waals surface area contributed by atoms with Gasteiger partial charge in [-0.2, -0.15) is 23.3 Å². The number of hydrogen-bond donors (Lipinski definition) is 1. The Balaban J connectivity index is 1.67. The number of aliphatic hydroxyl groups is 1. The summed E-state index contributed by atoms with van der Waals surface area (Å²) in [4.78, 5) is 12.9. The molecular formula is C22H21F3N2O2. The van der Waals surface area contributed by atoms with E-state index < -0.39 is 23.7 Å². The average Bonchev–Trinajstić information content (AvgIpc) is 3.01. The molecule has 2 aromatic carbocycles. The van der Waals surface area contributed by atoms with Gasteiger partial charge in [0.15, 0.2) is 0 Å². The van der Waals surface area contributed by atoms with Crippen molar-refractivity contribution in [1.82, 2.24) is 5.01 Å².